The molecule has 9 nitrogen and oxygen atoms in total. The van der Waals surface area contributed by atoms with Crippen molar-refractivity contribution < 1.29 is 9.72 Å². The summed E-state index contributed by atoms with van der Waals surface area (Å²) in [7, 11) is 0. The maximum atomic E-state index is 12.4. The zero-order valence-electron chi connectivity index (χ0n) is 17.8. The van der Waals surface area contributed by atoms with Crippen LogP contribution >= 0.6 is 35.0 Å². The van der Waals surface area contributed by atoms with Gasteiger partial charge in [-0.15, -0.1) is 10.2 Å². The fourth-order valence-electron chi connectivity index (χ4n) is 3.05. The molecule has 0 atom stereocenters. The number of para-hydroxylation sites is 1. The molecule has 0 bridgehead atoms. The summed E-state index contributed by atoms with van der Waals surface area (Å²) in [6, 6.07) is 21.0. The molecule has 3 aromatic carbocycles. The molecule has 0 saturated carbocycles. The maximum absolute atomic E-state index is 12.4. The standard InChI is InChI=1S/C23H16Cl2N6O3S/c24-17-9-7-16(8-10-17)22-28-29-23(30(22)18-4-2-1-3-5-18)35-14-21(32)27-26-13-15-6-11-19(25)20(12-15)31(33)34/h1-13H,14H2,(H,27,32)/b26-13-. The first-order valence-electron chi connectivity index (χ1n) is 10.1. The number of amides is 1. The van der Waals surface area contributed by atoms with Crippen LogP contribution in [0.25, 0.3) is 17.1 Å². The third-order valence-electron chi connectivity index (χ3n) is 4.65. The summed E-state index contributed by atoms with van der Waals surface area (Å²) < 4.78 is 1.86. The summed E-state index contributed by atoms with van der Waals surface area (Å²) in [5, 5.41) is 24.6. The first-order valence-corrected chi connectivity index (χ1v) is 11.8. The van der Waals surface area contributed by atoms with Crippen molar-refractivity contribution in [3.63, 3.8) is 0 Å². The zero-order valence-corrected chi connectivity index (χ0v) is 20.2. The van der Waals surface area contributed by atoms with Gasteiger partial charge < -0.3 is 0 Å². The van der Waals surface area contributed by atoms with E-state index in [2.05, 4.69) is 20.7 Å². The molecule has 1 N–H and O–H groups in total. The lowest BCUT2D eigenvalue weighted by Gasteiger charge is -2.10. The van der Waals surface area contributed by atoms with Crippen molar-refractivity contribution in [1.29, 1.82) is 0 Å². The molecule has 0 aliphatic carbocycles. The number of thioether (sulfide) groups is 1. The Morgan fingerprint density at radius 2 is 1.83 bits per heavy atom. The Morgan fingerprint density at radius 1 is 1.09 bits per heavy atom. The first kappa shape index (κ1) is 24.4. The minimum Gasteiger partial charge on any atom is -0.272 e. The van der Waals surface area contributed by atoms with E-state index in [1.54, 1.807) is 18.2 Å². The first-order chi connectivity index (χ1) is 16.9. The van der Waals surface area contributed by atoms with E-state index < -0.39 is 4.92 Å². The average molecular weight is 527 g/mol. The van der Waals surface area contributed by atoms with E-state index >= 15 is 0 Å². The van der Waals surface area contributed by atoms with Gasteiger partial charge in [-0.25, -0.2) is 5.43 Å². The Bertz CT molecular complexity index is 1390. The highest BCUT2D eigenvalue weighted by Crippen LogP contribution is 2.28. The largest absolute Gasteiger partial charge is 0.288 e. The van der Waals surface area contributed by atoms with Crippen molar-refractivity contribution in [1.82, 2.24) is 20.2 Å². The minimum absolute atomic E-state index is 0.0175. The van der Waals surface area contributed by atoms with Gasteiger partial charge in [-0.2, -0.15) is 5.10 Å². The maximum Gasteiger partial charge on any atom is 0.288 e. The number of carbonyl (C=O) groups is 1. The summed E-state index contributed by atoms with van der Waals surface area (Å²) in [6.45, 7) is 0. The number of nitrogens with one attached hydrogen (secondary N) is 1. The summed E-state index contributed by atoms with van der Waals surface area (Å²) in [5.41, 5.74) is 4.25. The van der Waals surface area contributed by atoms with Crippen LogP contribution in [0.15, 0.2) is 83.1 Å². The Labute approximate surface area is 213 Å². The molecule has 0 spiro atoms. The third-order valence-corrected chi connectivity index (χ3v) is 6.15. The van der Waals surface area contributed by atoms with E-state index in [1.807, 2.05) is 47.0 Å². The molecule has 0 unspecified atom stereocenters. The highest BCUT2D eigenvalue weighted by molar-refractivity contribution is 7.99. The number of rotatable bonds is 8. The SMILES string of the molecule is O=C(CSc1nnc(-c2ccc(Cl)cc2)n1-c1ccccc1)N/N=C\c1ccc(Cl)c([N+](=O)[O-])c1. The van der Waals surface area contributed by atoms with Crippen LogP contribution in [0.5, 0.6) is 0 Å². The topological polar surface area (TPSA) is 115 Å². The van der Waals surface area contributed by atoms with E-state index in [-0.39, 0.29) is 22.4 Å². The van der Waals surface area contributed by atoms with Crippen molar-refractivity contribution in [2.24, 2.45) is 5.10 Å². The van der Waals surface area contributed by atoms with Crippen LogP contribution in [0.4, 0.5) is 5.69 Å². The monoisotopic (exact) mass is 526 g/mol. The van der Waals surface area contributed by atoms with Crippen LogP contribution in [0.1, 0.15) is 5.56 Å². The minimum atomic E-state index is -0.587. The Kier molecular flexibility index (Phi) is 7.76. The number of aromatic nitrogens is 3. The third kappa shape index (κ3) is 6.04. The second-order valence-electron chi connectivity index (χ2n) is 7.03. The number of hydrogen-bond acceptors (Lipinski definition) is 7. The molecule has 0 saturated heterocycles. The van der Waals surface area contributed by atoms with Gasteiger partial charge in [0.25, 0.3) is 11.6 Å². The lowest BCUT2D eigenvalue weighted by molar-refractivity contribution is -0.384. The number of hydrazone groups is 1. The summed E-state index contributed by atoms with van der Waals surface area (Å²) >= 11 is 13.0. The van der Waals surface area contributed by atoms with Crippen LogP contribution in [0.3, 0.4) is 0 Å². The van der Waals surface area contributed by atoms with Crippen LogP contribution < -0.4 is 5.43 Å². The van der Waals surface area contributed by atoms with Crippen molar-refractivity contribution in [2.45, 2.75) is 5.16 Å². The van der Waals surface area contributed by atoms with Gasteiger partial charge in [-0.05, 0) is 42.5 Å². The molecular formula is C23H16Cl2N6O3S. The molecule has 0 radical (unpaired) electrons. The van der Waals surface area contributed by atoms with Crippen molar-refractivity contribution >= 4 is 52.8 Å². The van der Waals surface area contributed by atoms with E-state index in [9.17, 15) is 14.9 Å². The molecule has 1 aromatic heterocycles. The fraction of sp³-hybridized carbons (Fsp3) is 0.0435. The number of carbonyl (C=O) groups excluding carboxylic acids is 1. The number of hydrogen-bond donors (Lipinski definition) is 1. The number of nitro groups is 1. The molecule has 1 heterocycles. The highest BCUT2D eigenvalue weighted by Gasteiger charge is 2.17. The summed E-state index contributed by atoms with van der Waals surface area (Å²) in [4.78, 5) is 22.8. The molecule has 0 fully saturated rings. The molecule has 4 aromatic rings. The molecule has 176 valence electrons. The van der Waals surface area contributed by atoms with Gasteiger partial charge >= 0.3 is 0 Å². The van der Waals surface area contributed by atoms with Crippen molar-refractivity contribution in [3.8, 4) is 17.1 Å². The van der Waals surface area contributed by atoms with Crippen LogP contribution in [0.2, 0.25) is 10.0 Å². The van der Waals surface area contributed by atoms with Gasteiger partial charge in [0.2, 0.25) is 0 Å². The molecule has 0 aliphatic rings. The van der Waals surface area contributed by atoms with E-state index in [1.165, 1.54) is 30.1 Å². The van der Waals surface area contributed by atoms with Crippen molar-refractivity contribution in [3.05, 3.63) is 98.5 Å². The number of nitrogens with zero attached hydrogens (tertiary/aromatic N) is 5. The summed E-state index contributed by atoms with van der Waals surface area (Å²) in [6.07, 6.45) is 1.30. The lowest BCUT2D eigenvalue weighted by atomic mass is 10.2. The van der Waals surface area contributed by atoms with Gasteiger partial charge in [0.05, 0.1) is 16.9 Å². The van der Waals surface area contributed by atoms with E-state index in [4.69, 9.17) is 23.2 Å². The predicted octanol–water partition coefficient (Wildman–Crippen LogP) is 5.39. The Morgan fingerprint density at radius 3 is 2.54 bits per heavy atom. The lowest BCUT2D eigenvalue weighted by Crippen LogP contribution is -2.20. The van der Waals surface area contributed by atoms with Crippen LogP contribution in [0, 0.1) is 10.1 Å². The molecular weight excluding hydrogens is 511 g/mol. The average Bonchev–Trinajstić information content (AvgIpc) is 3.28. The number of nitro benzene ring substituents is 1. The molecule has 35 heavy (non-hydrogen) atoms. The predicted molar refractivity (Wildman–Crippen MR) is 136 cm³/mol. The van der Waals surface area contributed by atoms with Gasteiger partial charge in [-0.1, -0.05) is 59.2 Å². The Hall–Kier alpha value is -3.73. The van der Waals surface area contributed by atoms with Crippen LogP contribution in [-0.2, 0) is 4.79 Å². The van der Waals surface area contributed by atoms with Crippen molar-refractivity contribution in [2.75, 3.05) is 5.75 Å². The van der Waals surface area contributed by atoms with E-state index in [0.29, 0.717) is 21.6 Å². The van der Waals surface area contributed by atoms with Crippen LogP contribution in [-0.4, -0.2) is 37.6 Å². The molecule has 4 rings (SSSR count). The van der Waals surface area contributed by atoms with Gasteiger partial charge in [0.15, 0.2) is 11.0 Å². The van der Waals surface area contributed by atoms with Gasteiger partial charge in [-0.3, -0.25) is 19.5 Å². The zero-order chi connectivity index (χ0) is 24.8. The number of halogens is 2. The highest BCUT2D eigenvalue weighted by atomic mass is 35.5. The quantitative estimate of drug-likeness (QED) is 0.142. The molecule has 12 heteroatoms. The van der Waals surface area contributed by atoms with Gasteiger partial charge in [0.1, 0.15) is 5.02 Å². The number of benzene rings is 3. The fourth-order valence-corrected chi connectivity index (χ4v) is 4.11. The molecule has 0 aliphatic heterocycles. The normalized spacial score (nSPS) is 11.0. The molecule has 1 amide bonds. The second-order valence-corrected chi connectivity index (χ2v) is 8.82. The Balaban J connectivity index is 1.47. The second kappa shape index (κ2) is 11.1. The van der Waals surface area contributed by atoms with Gasteiger partial charge in [0, 0.05) is 27.9 Å². The smallest absolute Gasteiger partial charge is 0.272 e. The van der Waals surface area contributed by atoms with E-state index in [0.717, 1.165) is 11.3 Å². The summed E-state index contributed by atoms with van der Waals surface area (Å²) in [5.74, 6) is 0.243.